The number of aromatic nitrogens is 13. The van der Waals surface area contributed by atoms with E-state index in [9.17, 15) is 14.0 Å². The van der Waals surface area contributed by atoms with Crippen LogP contribution >= 0.6 is 62.3 Å². The van der Waals surface area contributed by atoms with Crippen LogP contribution in [0.2, 0.25) is 26.2 Å². The fourth-order valence-electron chi connectivity index (χ4n) is 13.2. The van der Waals surface area contributed by atoms with Crippen LogP contribution in [0.5, 0.6) is 11.5 Å². The molecular weight excluding hydrogens is 1760 g/mol. The average Bonchev–Trinajstić information content (AvgIpc) is 1.59. The number of halogens is 7. The number of anilines is 2. The Morgan fingerprint density at radius 1 is 0.476 bits per heavy atom. The molecule has 0 unspecified atom stereocenters. The largest absolute Gasteiger partial charge is 0.493 e. The second-order valence-corrected chi connectivity index (χ2v) is 36.2. The van der Waals surface area contributed by atoms with Crippen LogP contribution in [0.3, 0.4) is 0 Å². The van der Waals surface area contributed by atoms with Crippen molar-refractivity contribution >= 4 is 120 Å². The number of ether oxygens (including phenoxy) is 2. The minimum atomic E-state index is -1.37. The highest BCUT2D eigenvalue weighted by Crippen LogP contribution is 2.46. The molecule has 9 aromatic heterocycles. The second kappa shape index (κ2) is 42.3. The number of fused-ring (bicyclic) bond motifs is 10. The van der Waals surface area contributed by atoms with Crippen molar-refractivity contribution in [1.82, 2.24) is 64.4 Å². The highest BCUT2D eigenvalue weighted by molar-refractivity contribution is 9.10. The van der Waals surface area contributed by atoms with Crippen LogP contribution in [-0.4, -0.2) is 160 Å². The number of rotatable bonds is 8. The molecular formula is C88H98B4BrCl4F2N15O12. The second-order valence-electron chi connectivity index (χ2n) is 33.7. The Morgan fingerprint density at radius 3 is 1.35 bits per heavy atom. The van der Waals surface area contributed by atoms with Gasteiger partial charge in [0.1, 0.15) is 69.1 Å². The van der Waals surface area contributed by atoms with Gasteiger partial charge in [-0.3, -0.25) is 24.5 Å². The van der Waals surface area contributed by atoms with Crippen LogP contribution in [0, 0.1) is 11.6 Å². The third-order valence-electron chi connectivity index (χ3n) is 22.6. The highest BCUT2D eigenvalue weighted by Gasteiger charge is 2.64. The first-order chi connectivity index (χ1) is 60.2. The number of hydrogen-bond acceptors (Lipinski definition) is 23. The molecule has 11 aromatic rings. The van der Waals surface area contributed by atoms with Gasteiger partial charge in [0.05, 0.1) is 51.2 Å². The number of aryl methyl sites for hydroxylation is 2. The topological polar surface area (TPSA) is 346 Å². The van der Waals surface area contributed by atoms with Crippen molar-refractivity contribution in [3.05, 3.63) is 235 Å². The number of carbonyl (C=O) groups excluding carboxylic acids is 2. The van der Waals surface area contributed by atoms with E-state index < -0.39 is 51.7 Å². The van der Waals surface area contributed by atoms with Crippen LogP contribution in [0.4, 0.5) is 20.4 Å². The molecule has 2 amide bonds. The number of carbonyl (C=O) groups is 2. The van der Waals surface area contributed by atoms with E-state index in [0.29, 0.717) is 117 Å². The Bertz CT molecular complexity index is 5430. The maximum Gasteiger partial charge on any atom is 0.488 e. The van der Waals surface area contributed by atoms with Gasteiger partial charge in [-0.25, -0.2) is 28.7 Å². The summed E-state index contributed by atoms with van der Waals surface area (Å²) in [5.74, 6) is 3.28. The van der Waals surface area contributed by atoms with Crippen molar-refractivity contribution in [3.8, 4) is 45.7 Å². The lowest BCUT2D eigenvalue weighted by atomic mass is 9.49. The van der Waals surface area contributed by atoms with Gasteiger partial charge in [0.15, 0.2) is 11.6 Å². The van der Waals surface area contributed by atoms with Crippen molar-refractivity contribution in [2.24, 2.45) is 0 Å². The van der Waals surface area contributed by atoms with Gasteiger partial charge >= 0.3 is 28.3 Å². The lowest BCUT2D eigenvalue weighted by Crippen LogP contribution is -2.41. The van der Waals surface area contributed by atoms with Crippen LogP contribution in [0.25, 0.3) is 34.2 Å². The summed E-state index contributed by atoms with van der Waals surface area (Å²) in [5.41, 5.74) is 6.27. The monoisotopic (exact) mass is 1860 g/mol. The van der Waals surface area contributed by atoms with Crippen molar-refractivity contribution in [3.63, 3.8) is 0 Å². The minimum Gasteiger partial charge on any atom is -0.493 e. The first-order valence-corrected chi connectivity index (χ1v) is 44.3. The smallest absolute Gasteiger partial charge is 0.488 e. The summed E-state index contributed by atoms with van der Waals surface area (Å²) in [6.07, 6.45) is 26.5. The highest BCUT2D eigenvalue weighted by atomic mass is 79.9. The van der Waals surface area contributed by atoms with Crippen molar-refractivity contribution in [2.45, 2.75) is 210 Å². The molecule has 0 atom stereocenters. The summed E-state index contributed by atoms with van der Waals surface area (Å²) in [6.45, 7) is 18.3. The van der Waals surface area contributed by atoms with Crippen molar-refractivity contribution < 1.29 is 66.6 Å². The predicted molar refractivity (Wildman–Crippen MR) is 486 cm³/mol. The Hall–Kier alpha value is -9.25. The van der Waals surface area contributed by atoms with Crippen LogP contribution < -0.4 is 25.6 Å². The van der Waals surface area contributed by atoms with E-state index in [0.717, 1.165) is 73.0 Å². The van der Waals surface area contributed by atoms with E-state index in [1.807, 2.05) is 107 Å². The van der Waals surface area contributed by atoms with E-state index in [1.165, 1.54) is 62.3 Å². The van der Waals surface area contributed by atoms with Crippen LogP contribution in [0.1, 0.15) is 212 Å². The van der Waals surface area contributed by atoms with Gasteiger partial charge in [0, 0.05) is 107 Å². The standard InChI is InChI=1S/C26H23FN6O2.C18H15BrFN5O2.C12H24B2O4.C8H10BNO2.2C8H8ClN.C5H3Cl2N.C3H7BO2/c27-20-14-23-19(13-18(20)17-8-9-28-22(12-17)16-6-7-16)26(34)31-24-5-3-4-21(30-24)25-32-29-15-33(25)10-1-2-11-35-23;19-12-8-11-15(9-13(12)20)27-7-2-1-6-25-10-21-24-17(25)14-4-3-5-16(22-14)23-18(11)26;1-9(2)10(3,4)16-13(15-9)14-17-11(5,6)12(7,8)18-14;11-9(12)7-3-4-10-8(5-7)6-1-2-6;9-7-3-4-10-8(5-7)6-1-2-6;9-8-5-7(3-4-10-8)6-1-2-6;6-4-1-2-8-5(7)3-4;5-4(6)3-1-2-3/h3-5,8-9,12-16H,1-2,6-7,10-11H2,(H,30,31,34);3-5,8-10H,1-2,6-7H2,(H,22,23,26);1-8H3;3-6,11-12H,1-2H2;2*3-6H,1-2H2;1-3H;3,5-6H,1-2H2. The third-order valence-corrected chi connectivity index (χ3v) is 24.1. The number of nitrogens with zero attached hydrogens (tertiary/aromatic N) is 13. The SMILES string of the molecule is CC1(C)OB(B2OC(C)(C)C(C)(C)O2)OC1(C)C.Clc1cc(C2CC2)ccn1.Clc1ccnc(C2CC2)c1.Clc1ccnc(Cl)c1.O=C1Nc2cccc(n2)-c2nncn2CCCCOc2cc(F)c(-c3ccnc(C4CC4)c3)cc21.O=C1Nc2cccc(n2)-c2nncn2CCCCOc2cc(F)c(Br)cc21.OB(O)C1CC1.OB(O)c1ccnc(C2CC2)c1. The summed E-state index contributed by atoms with van der Waals surface area (Å²) in [5, 5.41) is 58.6. The molecule has 38 heteroatoms. The molecule has 13 heterocycles. The van der Waals surface area contributed by atoms with Gasteiger partial charge in [0.25, 0.3) is 11.8 Å². The molecule has 27 nitrogen and oxygen atoms in total. The summed E-state index contributed by atoms with van der Waals surface area (Å²) in [4.78, 5) is 55.5. The van der Waals surface area contributed by atoms with Crippen LogP contribution in [-0.2, 0) is 31.7 Å². The van der Waals surface area contributed by atoms with Gasteiger partial charge < -0.3 is 68.0 Å². The zero-order chi connectivity index (χ0) is 89.6. The summed E-state index contributed by atoms with van der Waals surface area (Å²) >= 11 is 25.6. The Kier molecular flexibility index (Phi) is 31.7. The Balaban J connectivity index is 0.000000132. The minimum absolute atomic E-state index is 0.191. The molecule has 7 fully saturated rings. The summed E-state index contributed by atoms with van der Waals surface area (Å²) < 4.78 is 68.6. The van der Waals surface area contributed by atoms with E-state index in [-0.39, 0.29) is 55.3 Å². The molecule has 658 valence electrons. The third kappa shape index (κ3) is 26.3. The fourth-order valence-corrected chi connectivity index (χ4v) is 14.3. The van der Waals surface area contributed by atoms with Crippen LogP contribution in [0.15, 0.2) is 169 Å². The predicted octanol–water partition coefficient (Wildman–Crippen LogP) is 17.6. The van der Waals surface area contributed by atoms with Gasteiger partial charge in [-0.1, -0.05) is 71.4 Å². The first-order valence-electron chi connectivity index (χ1n) is 42.0. The summed E-state index contributed by atoms with van der Waals surface area (Å²) in [6, 6.07) is 34.2. The number of benzene rings is 2. The number of hydrogen-bond donors (Lipinski definition) is 6. The molecule has 0 spiro atoms. The van der Waals surface area contributed by atoms with E-state index >= 15 is 4.39 Å². The zero-order valence-corrected chi connectivity index (χ0v) is 75.6. The lowest BCUT2D eigenvalue weighted by Gasteiger charge is -2.32. The average molecular weight is 1860 g/mol. The Labute approximate surface area is 760 Å². The normalized spacial score (nSPS) is 17.9. The number of pyridine rings is 7. The fraction of sp³-hybridized carbons (Fsp3) is 0.398. The van der Waals surface area contributed by atoms with E-state index in [4.69, 9.17) is 94.6 Å². The molecule has 5 aliphatic carbocycles. The van der Waals surface area contributed by atoms with Gasteiger partial charge in [-0.05, 0) is 274 Å². The zero-order valence-electron chi connectivity index (χ0n) is 71.0. The van der Waals surface area contributed by atoms with Gasteiger partial charge in [-0.2, -0.15) is 0 Å². The molecule has 2 saturated heterocycles. The molecule has 20 rings (SSSR count). The number of amides is 2. The molecule has 4 aliphatic heterocycles. The molecule has 5 saturated carbocycles. The molecule has 9 aliphatic rings. The molecule has 126 heavy (non-hydrogen) atoms. The van der Waals surface area contributed by atoms with Crippen molar-refractivity contribution in [2.75, 3.05) is 23.8 Å². The molecule has 6 N–H and O–H groups in total. The molecule has 0 radical (unpaired) electrons. The van der Waals surface area contributed by atoms with E-state index in [1.54, 1.807) is 104 Å². The quantitative estimate of drug-likeness (QED) is 0.0608. The molecule has 2 aromatic carbocycles. The van der Waals surface area contributed by atoms with Gasteiger partial charge in [-0.15, -0.1) is 20.4 Å². The maximum atomic E-state index is 15.3. The Morgan fingerprint density at radius 2 is 0.913 bits per heavy atom. The first kappa shape index (κ1) is 94.4. The number of nitrogens with one attached hydrogen (secondary N) is 2. The van der Waals surface area contributed by atoms with Crippen molar-refractivity contribution in [1.29, 1.82) is 0 Å². The lowest BCUT2D eigenvalue weighted by molar-refractivity contribution is 0.00578. The summed E-state index contributed by atoms with van der Waals surface area (Å²) in [7, 11) is -3.36. The molecule has 4 bridgehead atoms. The van der Waals surface area contributed by atoms with E-state index in [2.05, 4.69) is 81.8 Å². The maximum absolute atomic E-state index is 15.3. The van der Waals surface area contributed by atoms with Gasteiger partial charge in [0.2, 0.25) is 0 Å².